The molecule has 1 rings (SSSR count). The first-order valence-corrected chi connectivity index (χ1v) is 10.5. The summed E-state index contributed by atoms with van der Waals surface area (Å²) in [5.41, 5.74) is 3.38. The summed E-state index contributed by atoms with van der Waals surface area (Å²) < 4.78 is 5.97. The molecule has 0 spiro atoms. The molecule has 1 N–H and O–H groups in total. The Morgan fingerprint density at radius 2 is 2.00 bits per heavy atom. The van der Waals surface area contributed by atoms with Gasteiger partial charge >= 0.3 is 0 Å². The van der Waals surface area contributed by atoms with E-state index in [4.69, 9.17) is 4.74 Å². The molecule has 0 saturated heterocycles. The molecule has 0 aromatic rings. The number of ether oxygens (including phenoxy) is 1. The highest BCUT2D eigenvalue weighted by atomic mass is 16.5. The Hall–Kier alpha value is -1.27. The SMILES string of the molecule is CCCCC(CC)COC/C(C#N)=C1\C=C(NC(C)CC)CC(C)(C)C1. The normalized spacial score (nSPS) is 20.7. The number of nitrogens with one attached hydrogen (secondary N) is 1. The lowest BCUT2D eigenvalue weighted by molar-refractivity contribution is 0.112. The number of hydrogen-bond donors (Lipinski definition) is 1. The van der Waals surface area contributed by atoms with Gasteiger partial charge in [-0.05, 0) is 55.6 Å². The molecule has 3 nitrogen and oxygen atoms in total. The molecule has 0 aromatic carbocycles. The first kappa shape index (κ1) is 22.8. The molecule has 3 heteroatoms. The van der Waals surface area contributed by atoms with Gasteiger partial charge in [-0.25, -0.2) is 0 Å². The Morgan fingerprint density at radius 1 is 1.27 bits per heavy atom. The zero-order valence-corrected chi connectivity index (χ0v) is 18.0. The van der Waals surface area contributed by atoms with Crippen molar-refractivity contribution in [2.24, 2.45) is 11.3 Å². The lowest BCUT2D eigenvalue weighted by Gasteiger charge is -2.33. The fourth-order valence-corrected chi connectivity index (χ4v) is 3.53. The van der Waals surface area contributed by atoms with Gasteiger partial charge in [-0.15, -0.1) is 0 Å². The number of hydrogen-bond acceptors (Lipinski definition) is 3. The largest absolute Gasteiger partial charge is 0.386 e. The average molecular weight is 361 g/mol. The molecular formula is C23H40N2O. The van der Waals surface area contributed by atoms with Crippen LogP contribution in [0.4, 0.5) is 0 Å². The van der Waals surface area contributed by atoms with Crippen LogP contribution < -0.4 is 5.32 Å². The van der Waals surface area contributed by atoms with Crippen LogP contribution in [0.2, 0.25) is 0 Å². The van der Waals surface area contributed by atoms with E-state index in [2.05, 4.69) is 59.0 Å². The second-order valence-electron chi connectivity index (χ2n) is 8.69. The molecular weight excluding hydrogens is 320 g/mol. The molecule has 0 amide bonds. The van der Waals surface area contributed by atoms with Crippen molar-refractivity contribution in [3.63, 3.8) is 0 Å². The van der Waals surface area contributed by atoms with Crippen molar-refractivity contribution < 1.29 is 4.74 Å². The Kier molecular flexibility index (Phi) is 10.0. The molecule has 2 unspecified atom stereocenters. The maximum absolute atomic E-state index is 9.69. The van der Waals surface area contributed by atoms with Crippen molar-refractivity contribution in [1.29, 1.82) is 5.26 Å². The molecule has 0 saturated carbocycles. The smallest absolute Gasteiger partial charge is 0.0974 e. The predicted molar refractivity (Wildman–Crippen MR) is 111 cm³/mol. The van der Waals surface area contributed by atoms with E-state index in [0.29, 0.717) is 18.6 Å². The zero-order valence-electron chi connectivity index (χ0n) is 18.0. The van der Waals surface area contributed by atoms with Gasteiger partial charge in [0.2, 0.25) is 0 Å². The minimum Gasteiger partial charge on any atom is -0.386 e. The van der Waals surface area contributed by atoms with Gasteiger partial charge in [-0.2, -0.15) is 5.26 Å². The van der Waals surface area contributed by atoms with Crippen molar-refractivity contribution in [1.82, 2.24) is 5.32 Å². The summed E-state index contributed by atoms with van der Waals surface area (Å²) in [5.74, 6) is 0.612. The van der Waals surface area contributed by atoms with Gasteiger partial charge in [0.05, 0.1) is 18.2 Å². The van der Waals surface area contributed by atoms with Crippen LogP contribution in [0.15, 0.2) is 22.9 Å². The maximum atomic E-state index is 9.69. The molecule has 0 radical (unpaired) electrons. The van der Waals surface area contributed by atoms with Gasteiger partial charge in [-0.1, -0.05) is 53.9 Å². The molecule has 148 valence electrons. The van der Waals surface area contributed by atoms with Gasteiger partial charge in [0.25, 0.3) is 0 Å². The van der Waals surface area contributed by atoms with Crippen LogP contribution in [-0.2, 0) is 4.74 Å². The third kappa shape index (κ3) is 7.96. The highest BCUT2D eigenvalue weighted by Crippen LogP contribution is 2.38. The Labute approximate surface area is 161 Å². The number of nitriles is 1. The van der Waals surface area contributed by atoms with E-state index in [9.17, 15) is 5.26 Å². The summed E-state index contributed by atoms with van der Waals surface area (Å²) in [5, 5.41) is 13.3. The van der Waals surface area contributed by atoms with E-state index in [0.717, 1.165) is 43.4 Å². The summed E-state index contributed by atoms with van der Waals surface area (Å²) >= 11 is 0. The predicted octanol–water partition coefficient (Wildman–Crippen LogP) is 6.13. The monoisotopic (exact) mass is 360 g/mol. The standard InChI is InChI=1S/C23H40N2O/c1-7-10-11-19(9-3)16-26-17-21(15-24)20-12-22(25-18(4)8-2)14-23(5,6)13-20/h12,18-19,25H,7-11,13-14,16-17H2,1-6H3/b21-20+. The van der Waals surface area contributed by atoms with Gasteiger partial charge in [0, 0.05) is 18.3 Å². The van der Waals surface area contributed by atoms with E-state index < -0.39 is 0 Å². The van der Waals surface area contributed by atoms with Crippen LogP contribution >= 0.6 is 0 Å². The lowest BCUT2D eigenvalue weighted by atomic mass is 9.76. The first-order valence-electron chi connectivity index (χ1n) is 10.5. The Balaban J connectivity index is 2.80. The van der Waals surface area contributed by atoms with Crippen LogP contribution in [0.25, 0.3) is 0 Å². The molecule has 0 aliphatic heterocycles. The van der Waals surface area contributed by atoms with Crippen LogP contribution in [-0.4, -0.2) is 19.3 Å². The minimum atomic E-state index is 0.176. The lowest BCUT2D eigenvalue weighted by Crippen LogP contribution is -2.30. The van der Waals surface area contributed by atoms with E-state index in [1.165, 1.54) is 25.0 Å². The summed E-state index contributed by atoms with van der Waals surface area (Å²) in [6.07, 6.45) is 10.1. The topological polar surface area (TPSA) is 45.0 Å². The molecule has 26 heavy (non-hydrogen) atoms. The highest BCUT2D eigenvalue weighted by molar-refractivity contribution is 5.40. The molecule has 0 heterocycles. The minimum absolute atomic E-state index is 0.176. The molecule has 2 atom stereocenters. The summed E-state index contributed by atoms with van der Waals surface area (Å²) in [4.78, 5) is 0. The Bertz CT molecular complexity index is 525. The van der Waals surface area contributed by atoms with Crippen molar-refractivity contribution in [3.05, 3.63) is 22.9 Å². The summed E-state index contributed by atoms with van der Waals surface area (Å²) in [6.45, 7) is 14.6. The average Bonchev–Trinajstić information content (AvgIpc) is 2.59. The number of unbranched alkanes of at least 4 members (excludes halogenated alkanes) is 1. The summed E-state index contributed by atoms with van der Waals surface area (Å²) in [7, 11) is 0. The third-order valence-electron chi connectivity index (χ3n) is 5.40. The van der Waals surface area contributed by atoms with Crippen molar-refractivity contribution in [2.75, 3.05) is 13.2 Å². The fourth-order valence-electron chi connectivity index (χ4n) is 3.53. The van der Waals surface area contributed by atoms with Crippen molar-refractivity contribution in [2.45, 2.75) is 92.5 Å². The maximum Gasteiger partial charge on any atom is 0.0974 e. The van der Waals surface area contributed by atoms with Crippen LogP contribution in [0.5, 0.6) is 0 Å². The molecule has 0 fully saturated rings. The van der Waals surface area contributed by atoms with Crippen molar-refractivity contribution in [3.8, 4) is 6.07 Å². The number of allylic oxidation sites excluding steroid dienone is 3. The van der Waals surface area contributed by atoms with E-state index >= 15 is 0 Å². The quantitative estimate of drug-likeness (QED) is 0.451. The number of nitrogens with zero attached hydrogens (tertiary/aromatic N) is 1. The van der Waals surface area contributed by atoms with Crippen LogP contribution in [0.3, 0.4) is 0 Å². The van der Waals surface area contributed by atoms with Gasteiger partial charge in [-0.3, -0.25) is 0 Å². The van der Waals surface area contributed by atoms with Crippen LogP contribution in [0.1, 0.15) is 86.5 Å². The van der Waals surface area contributed by atoms with Crippen molar-refractivity contribution >= 4 is 0 Å². The second-order valence-corrected chi connectivity index (χ2v) is 8.69. The van der Waals surface area contributed by atoms with Gasteiger partial charge in [0.1, 0.15) is 0 Å². The molecule has 0 bridgehead atoms. The van der Waals surface area contributed by atoms with Gasteiger partial charge < -0.3 is 10.1 Å². The third-order valence-corrected chi connectivity index (χ3v) is 5.40. The molecule has 1 aliphatic rings. The van der Waals surface area contributed by atoms with Crippen LogP contribution in [0, 0.1) is 22.7 Å². The number of rotatable bonds is 11. The molecule has 1 aliphatic carbocycles. The van der Waals surface area contributed by atoms with Gasteiger partial charge in [0.15, 0.2) is 0 Å². The summed E-state index contributed by atoms with van der Waals surface area (Å²) in [6, 6.07) is 2.87. The second kappa shape index (κ2) is 11.4. The first-order chi connectivity index (χ1) is 12.3. The van der Waals surface area contributed by atoms with E-state index in [1.54, 1.807) is 0 Å². The fraction of sp³-hybridized carbons (Fsp3) is 0.783. The zero-order chi connectivity index (χ0) is 19.6. The van der Waals surface area contributed by atoms with E-state index in [1.807, 2.05) is 0 Å². The van der Waals surface area contributed by atoms with E-state index in [-0.39, 0.29) is 5.41 Å². The Morgan fingerprint density at radius 3 is 2.58 bits per heavy atom. The molecule has 0 aromatic heterocycles. The highest BCUT2D eigenvalue weighted by Gasteiger charge is 2.27.